The van der Waals surface area contributed by atoms with Crippen molar-refractivity contribution in [3.8, 4) is 0 Å². The van der Waals surface area contributed by atoms with Gasteiger partial charge in [-0.2, -0.15) is 0 Å². The van der Waals surface area contributed by atoms with Crippen molar-refractivity contribution in [1.29, 1.82) is 0 Å². The van der Waals surface area contributed by atoms with E-state index in [0.29, 0.717) is 31.6 Å². The van der Waals surface area contributed by atoms with Gasteiger partial charge in [-0.25, -0.2) is 8.42 Å². The average Bonchev–Trinajstić information content (AvgIpc) is 2.65. The first-order valence-electron chi connectivity index (χ1n) is 10.7. The van der Waals surface area contributed by atoms with E-state index in [1.54, 1.807) is 0 Å². The molecular formula is C22H37N3O3S. The largest absolute Gasteiger partial charge is 0.356 e. The number of carbonyl (C=O) groups is 1. The Kier molecular flexibility index (Phi) is 8.96. The summed E-state index contributed by atoms with van der Waals surface area (Å²) in [7, 11) is -3.40. The van der Waals surface area contributed by atoms with E-state index in [1.165, 1.54) is 23.4 Å². The third-order valence-electron chi connectivity index (χ3n) is 5.86. The summed E-state index contributed by atoms with van der Waals surface area (Å²) in [4.78, 5) is 14.6. The molecule has 0 radical (unpaired) electrons. The van der Waals surface area contributed by atoms with Crippen LogP contribution in [0.5, 0.6) is 0 Å². The van der Waals surface area contributed by atoms with Crippen molar-refractivity contribution in [1.82, 2.24) is 10.2 Å². The lowest BCUT2D eigenvalue weighted by Gasteiger charge is -2.30. The van der Waals surface area contributed by atoms with Crippen LogP contribution in [0.3, 0.4) is 0 Å². The number of nitrogens with zero attached hydrogens (tertiary/aromatic N) is 2. The first kappa shape index (κ1) is 23.7. The Morgan fingerprint density at radius 3 is 2.55 bits per heavy atom. The molecule has 0 spiro atoms. The third kappa shape index (κ3) is 7.63. The Bertz CT molecular complexity index is 772. The highest BCUT2D eigenvalue weighted by molar-refractivity contribution is 7.92. The molecule has 0 unspecified atom stereocenters. The van der Waals surface area contributed by atoms with Crippen LogP contribution < -0.4 is 9.62 Å². The molecule has 0 atom stereocenters. The molecule has 1 N–H and O–H groups in total. The zero-order chi connectivity index (χ0) is 21.4. The average molecular weight is 424 g/mol. The summed E-state index contributed by atoms with van der Waals surface area (Å²) in [6, 6.07) is 5.66. The predicted molar refractivity (Wildman–Crippen MR) is 120 cm³/mol. The van der Waals surface area contributed by atoms with Gasteiger partial charge in [0.1, 0.15) is 0 Å². The number of anilines is 1. The number of piperidine rings is 1. The molecule has 1 fully saturated rings. The minimum atomic E-state index is -3.40. The zero-order valence-corrected chi connectivity index (χ0v) is 19.2. The van der Waals surface area contributed by atoms with Gasteiger partial charge in [0.05, 0.1) is 11.9 Å². The van der Waals surface area contributed by atoms with E-state index in [1.807, 2.05) is 32.0 Å². The molecule has 1 saturated heterocycles. The number of benzene rings is 1. The van der Waals surface area contributed by atoms with Crippen molar-refractivity contribution in [2.75, 3.05) is 43.3 Å². The first-order chi connectivity index (χ1) is 13.7. The van der Waals surface area contributed by atoms with Crippen molar-refractivity contribution in [2.45, 2.75) is 52.9 Å². The molecule has 7 heteroatoms. The predicted octanol–water partition coefficient (Wildman–Crippen LogP) is 3.09. The number of likely N-dealkylation sites (tertiary alicyclic amines) is 1. The second-order valence-electron chi connectivity index (χ2n) is 8.39. The van der Waals surface area contributed by atoms with Gasteiger partial charge in [0.25, 0.3) is 0 Å². The number of hydrogen-bond acceptors (Lipinski definition) is 4. The maximum atomic E-state index is 12.3. The Morgan fingerprint density at radius 2 is 1.90 bits per heavy atom. The van der Waals surface area contributed by atoms with Crippen molar-refractivity contribution < 1.29 is 13.2 Å². The quantitative estimate of drug-likeness (QED) is 0.587. The molecule has 1 amide bonds. The van der Waals surface area contributed by atoms with Gasteiger partial charge in [-0.15, -0.1) is 0 Å². The fourth-order valence-corrected chi connectivity index (χ4v) is 4.77. The van der Waals surface area contributed by atoms with Gasteiger partial charge < -0.3 is 10.2 Å². The van der Waals surface area contributed by atoms with Crippen LogP contribution in [0, 0.1) is 19.8 Å². The van der Waals surface area contributed by atoms with Crippen LogP contribution in [-0.4, -0.2) is 58.2 Å². The number of aryl methyl sites for hydroxylation is 1. The van der Waals surface area contributed by atoms with E-state index in [-0.39, 0.29) is 5.91 Å². The Labute approximate surface area is 176 Å². The van der Waals surface area contributed by atoms with Crippen LogP contribution in [0.25, 0.3) is 0 Å². The summed E-state index contributed by atoms with van der Waals surface area (Å²) in [5.41, 5.74) is 2.70. The Balaban J connectivity index is 1.73. The molecule has 29 heavy (non-hydrogen) atoms. The second kappa shape index (κ2) is 11.0. The van der Waals surface area contributed by atoms with Crippen LogP contribution in [0.2, 0.25) is 0 Å². The summed E-state index contributed by atoms with van der Waals surface area (Å²) >= 11 is 0. The van der Waals surface area contributed by atoms with E-state index in [2.05, 4.69) is 17.1 Å². The monoisotopic (exact) mass is 423 g/mol. The van der Waals surface area contributed by atoms with Crippen molar-refractivity contribution in [3.05, 3.63) is 29.3 Å². The molecule has 0 bridgehead atoms. The van der Waals surface area contributed by atoms with Gasteiger partial charge in [0.2, 0.25) is 15.9 Å². The van der Waals surface area contributed by atoms with Gasteiger partial charge in [0.15, 0.2) is 0 Å². The lowest BCUT2D eigenvalue weighted by molar-refractivity contribution is -0.121. The highest BCUT2D eigenvalue weighted by Gasteiger charge is 2.20. The first-order valence-corrected chi connectivity index (χ1v) is 12.6. The molecule has 6 nitrogen and oxygen atoms in total. The Hall–Kier alpha value is -1.60. The Morgan fingerprint density at radius 1 is 1.21 bits per heavy atom. The summed E-state index contributed by atoms with van der Waals surface area (Å²) in [6.07, 6.45) is 5.54. The van der Waals surface area contributed by atoms with Gasteiger partial charge in [-0.1, -0.05) is 19.1 Å². The van der Waals surface area contributed by atoms with Crippen LogP contribution in [0.15, 0.2) is 18.2 Å². The molecule has 0 aromatic heterocycles. The van der Waals surface area contributed by atoms with E-state index >= 15 is 0 Å². The van der Waals surface area contributed by atoms with Crippen LogP contribution in [0.1, 0.15) is 50.2 Å². The van der Waals surface area contributed by atoms with Gasteiger partial charge in [-0.05, 0) is 82.3 Å². The molecule has 164 valence electrons. The normalized spacial score (nSPS) is 16.0. The molecular weight excluding hydrogens is 386 g/mol. The molecule has 1 aromatic carbocycles. The van der Waals surface area contributed by atoms with Crippen molar-refractivity contribution >= 4 is 21.6 Å². The smallest absolute Gasteiger partial charge is 0.232 e. The van der Waals surface area contributed by atoms with Gasteiger partial charge in [-0.3, -0.25) is 9.10 Å². The van der Waals surface area contributed by atoms with Crippen molar-refractivity contribution in [3.63, 3.8) is 0 Å². The minimum absolute atomic E-state index is 0.00770. The zero-order valence-electron chi connectivity index (χ0n) is 18.4. The number of carbonyl (C=O) groups excluding carboxylic acids is 1. The fourth-order valence-electron chi connectivity index (χ4n) is 3.76. The molecule has 0 saturated carbocycles. The third-order valence-corrected chi connectivity index (χ3v) is 7.04. The molecule has 0 aliphatic carbocycles. The highest BCUT2D eigenvalue weighted by atomic mass is 32.2. The second-order valence-corrected chi connectivity index (χ2v) is 10.3. The summed E-state index contributed by atoms with van der Waals surface area (Å²) in [5.74, 6) is 0.827. The maximum absolute atomic E-state index is 12.3. The van der Waals surface area contributed by atoms with Gasteiger partial charge in [0, 0.05) is 19.5 Å². The number of nitrogens with one attached hydrogen (secondary N) is 1. The molecule has 1 aliphatic heterocycles. The van der Waals surface area contributed by atoms with E-state index in [0.717, 1.165) is 43.1 Å². The molecule has 1 heterocycles. The molecule has 1 aromatic rings. The van der Waals surface area contributed by atoms with Crippen LogP contribution in [0.4, 0.5) is 5.69 Å². The standard InChI is InChI=1S/C22H37N3O3S/c1-18-11-16-24(17-12-18)14-7-13-23-22(26)10-6-15-25(29(4,27)28)21-9-5-8-19(2)20(21)3/h5,8-9,18H,6-7,10-17H2,1-4H3,(H,23,26). The number of rotatable bonds is 10. The van der Waals surface area contributed by atoms with Gasteiger partial charge >= 0.3 is 0 Å². The number of hydrogen-bond donors (Lipinski definition) is 1. The van der Waals surface area contributed by atoms with E-state index < -0.39 is 10.0 Å². The summed E-state index contributed by atoms with van der Waals surface area (Å²) in [5, 5.41) is 2.97. The number of sulfonamides is 1. The number of amides is 1. The SMILES string of the molecule is Cc1cccc(N(CCCC(=O)NCCCN2CCC(C)CC2)S(C)(=O)=O)c1C. The fraction of sp³-hybridized carbons (Fsp3) is 0.682. The summed E-state index contributed by atoms with van der Waals surface area (Å²) in [6.45, 7) is 10.5. The van der Waals surface area contributed by atoms with E-state index in [4.69, 9.17) is 0 Å². The topological polar surface area (TPSA) is 69.7 Å². The maximum Gasteiger partial charge on any atom is 0.232 e. The highest BCUT2D eigenvalue weighted by Crippen LogP contribution is 2.25. The lowest BCUT2D eigenvalue weighted by Crippen LogP contribution is -2.35. The lowest BCUT2D eigenvalue weighted by atomic mass is 9.99. The van der Waals surface area contributed by atoms with Crippen molar-refractivity contribution in [2.24, 2.45) is 5.92 Å². The minimum Gasteiger partial charge on any atom is -0.356 e. The van der Waals surface area contributed by atoms with Crippen LogP contribution in [-0.2, 0) is 14.8 Å². The molecule has 2 rings (SSSR count). The molecule has 1 aliphatic rings. The van der Waals surface area contributed by atoms with Crippen LogP contribution >= 0.6 is 0 Å². The summed E-state index contributed by atoms with van der Waals surface area (Å²) < 4.78 is 26.0. The van der Waals surface area contributed by atoms with E-state index in [9.17, 15) is 13.2 Å².